The highest BCUT2D eigenvalue weighted by atomic mass is 32.2. The smallest absolute Gasteiger partial charge is 0.293 e. The molecule has 220 valence electrons. The minimum absolute atomic E-state index is 0.160. The fourth-order valence-electron chi connectivity index (χ4n) is 8.43. The molecule has 0 saturated heterocycles. The van der Waals surface area contributed by atoms with Crippen molar-refractivity contribution < 1.29 is 18.1 Å². The van der Waals surface area contributed by atoms with E-state index in [1.54, 1.807) is 24.3 Å². The van der Waals surface area contributed by atoms with Crippen molar-refractivity contribution in [2.45, 2.75) is 64.2 Å². The molecule has 0 radical (unpaired) electrons. The van der Waals surface area contributed by atoms with Crippen LogP contribution in [-0.2, 0) is 10.0 Å². The molecule has 4 aliphatic rings. The second kappa shape index (κ2) is 10.5. The van der Waals surface area contributed by atoms with Gasteiger partial charge in [0.05, 0.1) is 9.82 Å². The molecule has 4 bridgehead atoms. The average Bonchev–Trinajstić information content (AvgIpc) is 2.90. The number of anilines is 1. The van der Waals surface area contributed by atoms with Crippen molar-refractivity contribution in [3.05, 3.63) is 87.0 Å². The monoisotopic (exact) mass is 587 g/mol. The number of aryl methyl sites for hydroxylation is 3. The maximum absolute atomic E-state index is 13.1. The lowest BCUT2D eigenvalue weighted by atomic mass is 9.49. The number of carbonyl (C=O) groups excluding carboxylic acids is 1. The Bertz CT molecular complexity index is 1620. The molecule has 2 N–H and O–H groups in total. The fraction of sp³-hybridized carbons (Fsp3) is 0.424. The number of carbonyl (C=O) groups is 1. The molecule has 42 heavy (non-hydrogen) atoms. The standard InChI is InChI=1S/C33H37N3O5S/c1-20-10-21(2)31(22(3)11-20)26-4-6-27(7-5-26)32(37)35-42(40,41)28-8-9-29(30(15-28)36(38)39)34-19-33-16-23-12-24(17-33)14-25(13-23)18-33/h4-11,15,23-25,34H,12-14,16-19H2,1-3H3,(H,35,37). The van der Waals surface area contributed by atoms with Gasteiger partial charge in [-0.25, -0.2) is 13.1 Å². The summed E-state index contributed by atoms with van der Waals surface area (Å²) in [6, 6.07) is 14.7. The highest BCUT2D eigenvalue weighted by Gasteiger charge is 2.50. The van der Waals surface area contributed by atoms with Gasteiger partial charge in [0.1, 0.15) is 5.69 Å². The Hall–Kier alpha value is -3.72. The van der Waals surface area contributed by atoms with Gasteiger partial charge in [0.15, 0.2) is 0 Å². The van der Waals surface area contributed by atoms with Crippen LogP contribution in [0.15, 0.2) is 59.5 Å². The lowest BCUT2D eigenvalue weighted by Gasteiger charge is -2.57. The largest absolute Gasteiger partial charge is 0.379 e. The van der Waals surface area contributed by atoms with E-state index in [-0.39, 0.29) is 21.6 Å². The van der Waals surface area contributed by atoms with Crippen LogP contribution in [0.3, 0.4) is 0 Å². The van der Waals surface area contributed by atoms with Gasteiger partial charge in [-0.2, -0.15) is 0 Å². The highest BCUT2D eigenvalue weighted by molar-refractivity contribution is 7.90. The van der Waals surface area contributed by atoms with Crippen molar-refractivity contribution in [1.82, 2.24) is 4.72 Å². The zero-order chi connectivity index (χ0) is 29.8. The number of hydrogen-bond donors (Lipinski definition) is 2. The molecule has 3 aromatic rings. The molecule has 9 heteroatoms. The molecule has 8 nitrogen and oxygen atoms in total. The van der Waals surface area contributed by atoms with Crippen molar-refractivity contribution in [3.63, 3.8) is 0 Å². The van der Waals surface area contributed by atoms with E-state index in [4.69, 9.17) is 0 Å². The summed E-state index contributed by atoms with van der Waals surface area (Å²) in [5, 5.41) is 15.3. The summed E-state index contributed by atoms with van der Waals surface area (Å²) in [5.41, 5.74) is 5.72. The Morgan fingerprint density at radius 1 is 0.905 bits per heavy atom. The number of amides is 1. The van der Waals surface area contributed by atoms with E-state index in [1.807, 2.05) is 20.8 Å². The Morgan fingerprint density at radius 2 is 1.48 bits per heavy atom. The van der Waals surface area contributed by atoms with Crippen molar-refractivity contribution in [2.24, 2.45) is 23.2 Å². The van der Waals surface area contributed by atoms with Crippen LogP contribution in [0, 0.1) is 54.1 Å². The number of nitro benzene ring substituents is 1. The highest BCUT2D eigenvalue weighted by Crippen LogP contribution is 2.60. The van der Waals surface area contributed by atoms with Crippen LogP contribution in [0.5, 0.6) is 0 Å². The quantitative estimate of drug-likeness (QED) is 0.218. The fourth-order valence-corrected chi connectivity index (χ4v) is 9.43. The molecule has 0 aromatic heterocycles. The summed E-state index contributed by atoms with van der Waals surface area (Å²) in [6.45, 7) is 6.76. The van der Waals surface area contributed by atoms with Crippen LogP contribution in [0.4, 0.5) is 11.4 Å². The summed E-state index contributed by atoms with van der Waals surface area (Å²) in [4.78, 5) is 24.0. The first kappa shape index (κ1) is 28.4. The van der Waals surface area contributed by atoms with Crippen LogP contribution in [0.25, 0.3) is 11.1 Å². The molecule has 0 heterocycles. The second-order valence-corrected chi connectivity index (χ2v) is 14.7. The third kappa shape index (κ3) is 5.42. The van der Waals surface area contributed by atoms with Crippen LogP contribution in [-0.4, -0.2) is 25.8 Å². The number of nitrogens with zero attached hydrogens (tertiary/aromatic N) is 1. The zero-order valence-electron chi connectivity index (χ0n) is 24.3. The maximum Gasteiger partial charge on any atom is 0.293 e. The van der Waals surface area contributed by atoms with Crippen molar-refractivity contribution in [3.8, 4) is 11.1 Å². The van der Waals surface area contributed by atoms with E-state index in [2.05, 4.69) is 22.2 Å². The Kier molecular flexibility index (Phi) is 7.12. The van der Waals surface area contributed by atoms with Crippen LogP contribution < -0.4 is 10.0 Å². The minimum Gasteiger partial charge on any atom is -0.379 e. The third-order valence-electron chi connectivity index (χ3n) is 9.63. The van der Waals surface area contributed by atoms with Crippen molar-refractivity contribution in [1.29, 1.82) is 0 Å². The van der Waals surface area contributed by atoms with E-state index < -0.39 is 20.9 Å². The van der Waals surface area contributed by atoms with Gasteiger partial charge in [-0.1, -0.05) is 29.8 Å². The molecule has 4 aliphatic carbocycles. The van der Waals surface area contributed by atoms with Crippen molar-refractivity contribution in [2.75, 3.05) is 11.9 Å². The van der Waals surface area contributed by atoms with Gasteiger partial charge in [0, 0.05) is 18.2 Å². The number of benzene rings is 3. The number of nitrogens with one attached hydrogen (secondary N) is 2. The van der Waals surface area contributed by atoms with Crippen LogP contribution in [0.1, 0.15) is 65.6 Å². The van der Waals surface area contributed by atoms with Gasteiger partial charge in [-0.05, 0) is 129 Å². The van der Waals surface area contributed by atoms with Gasteiger partial charge >= 0.3 is 0 Å². The maximum atomic E-state index is 13.1. The van der Waals surface area contributed by atoms with Gasteiger partial charge in [-0.3, -0.25) is 14.9 Å². The predicted molar refractivity (Wildman–Crippen MR) is 163 cm³/mol. The zero-order valence-corrected chi connectivity index (χ0v) is 25.1. The van der Waals surface area contributed by atoms with E-state index in [0.29, 0.717) is 12.2 Å². The van der Waals surface area contributed by atoms with Gasteiger partial charge in [0.25, 0.3) is 21.6 Å². The summed E-state index contributed by atoms with van der Waals surface area (Å²) in [6.07, 6.45) is 7.41. The molecule has 0 aliphatic heterocycles. The van der Waals surface area contributed by atoms with Gasteiger partial charge < -0.3 is 5.32 Å². The van der Waals surface area contributed by atoms with E-state index in [0.717, 1.165) is 65.3 Å². The molecule has 7 rings (SSSR count). The average molecular weight is 588 g/mol. The number of hydrogen-bond acceptors (Lipinski definition) is 6. The number of nitro groups is 1. The minimum atomic E-state index is -4.34. The Labute approximate surface area is 247 Å². The van der Waals surface area contributed by atoms with E-state index in [1.165, 1.54) is 37.0 Å². The lowest BCUT2D eigenvalue weighted by Crippen LogP contribution is -2.49. The van der Waals surface area contributed by atoms with Crippen molar-refractivity contribution >= 4 is 27.3 Å². The molecule has 0 spiro atoms. The van der Waals surface area contributed by atoms with Crippen LogP contribution >= 0.6 is 0 Å². The molecule has 1 amide bonds. The molecular weight excluding hydrogens is 550 g/mol. The third-order valence-corrected chi connectivity index (χ3v) is 11.0. The first-order valence-corrected chi connectivity index (χ1v) is 16.2. The predicted octanol–water partition coefficient (Wildman–Crippen LogP) is 6.93. The summed E-state index contributed by atoms with van der Waals surface area (Å²) in [5.74, 6) is 1.48. The molecule has 4 saturated carbocycles. The molecule has 0 atom stereocenters. The first-order chi connectivity index (χ1) is 19.9. The van der Waals surface area contributed by atoms with E-state index >= 15 is 0 Å². The van der Waals surface area contributed by atoms with Crippen LogP contribution in [0.2, 0.25) is 0 Å². The normalized spacial score (nSPS) is 24.4. The molecule has 4 fully saturated rings. The Balaban J connectivity index is 1.17. The topological polar surface area (TPSA) is 118 Å². The molecule has 0 unspecified atom stereocenters. The van der Waals surface area contributed by atoms with E-state index in [9.17, 15) is 23.3 Å². The molecular formula is C33H37N3O5S. The van der Waals surface area contributed by atoms with Gasteiger partial charge in [-0.15, -0.1) is 0 Å². The van der Waals surface area contributed by atoms with Gasteiger partial charge in [0.2, 0.25) is 0 Å². The number of rotatable bonds is 8. The molecule has 3 aromatic carbocycles. The summed E-state index contributed by atoms with van der Waals surface area (Å²) in [7, 11) is -4.34. The summed E-state index contributed by atoms with van der Waals surface area (Å²) >= 11 is 0. The second-order valence-electron chi connectivity index (χ2n) is 13.0. The summed E-state index contributed by atoms with van der Waals surface area (Å²) < 4.78 is 28.3. The number of sulfonamides is 1. The Morgan fingerprint density at radius 3 is 2.02 bits per heavy atom. The first-order valence-electron chi connectivity index (χ1n) is 14.7. The lowest BCUT2D eigenvalue weighted by molar-refractivity contribution is -0.384. The SMILES string of the molecule is Cc1cc(C)c(-c2ccc(C(=O)NS(=O)(=O)c3ccc(NCC45CC6CC(CC(C6)C4)C5)c([N+](=O)[O-])c3)cc2)c(C)c1.